The van der Waals surface area contributed by atoms with Gasteiger partial charge in [-0.1, -0.05) is 12.1 Å². The molecule has 0 spiro atoms. The molecular formula is C23H21FN4O2. The Labute approximate surface area is 173 Å². The number of anilines is 1. The van der Waals surface area contributed by atoms with Crippen molar-refractivity contribution >= 4 is 22.5 Å². The molecule has 0 aliphatic rings. The molecule has 7 heteroatoms. The predicted octanol–water partition coefficient (Wildman–Crippen LogP) is 4.50. The Balaban J connectivity index is 1.63. The number of amides is 1. The average molecular weight is 404 g/mol. The molecular weight excluding hydrogens is 383 g/mol. The molecule has 2 aromatic carbocycles. The number of nitrogens with one attached hydrogen (secondary N) is 1. The summed E-state index contributed by atoms with van der Waals surface area (Å²) in [6, 6.07) is 13.4. The monoisotopic (exact) mass is 404 g/mol. The zero-order chi connectivity index (χ0) is 21.3. The van der Waals surface area contributed by atoms with E-state index in [1.165, 1.54) is 12.1 Å². The van der Waals surface area contributed by atoms with Crippen molar-refractivity contribution in [3.05, 3.63) is 83.1 Å². The van der Waals surface area contributed by atoms with E-state index in [2.05, 4.69) is 15.4 Å². The molecule has 0 aliphatic carbocycles. The summed E-state index contributed by atoms with van der Waals surface area (Å²) in [7, 11) is 1.58. The van der Waals surface area contributed by atoms with Crippen LogP contribution in [0, 0.1) is 19.7 Å². The van der Waals surface area contributed by atoms with E-state index in [9.17, 15) is 9.18 Å². The van der Waals surface area contributed by atoms with Crippen LogP contribution >= 0.6 is 0 Å². The van der Waals surface area contributed by atoms with Gasteiger partial charge in [-0.2, -0.15) is 5.10 Å². The fraction of sp³-hybridized carbons (Fsp3) is 0.174. The second-order valence-electron chi connectivity index (χ2n) is 7.03. The van der Waals surface area contributed by atoms with Crippen molar-refractivity contribution < 1.29 is 13.9 Å². The van der Waals surface area contributed by atoms with Crippen LogP contribution in [0.4, 0.5) is 10.1 Å². The number of fused-ring (bicyclic) bond motifs is 1. The van der Waals surface area contributed by atoms with Crippen LogP contribution in [-0.2, 0) is 6.54 Å². The lowest BCUT2D eigenvalue weighted by Crippen LogP contribution is -2.14. The van der Waals surface area contributed by atoms with E-state index in [0.29, 0.717) is 40.1 Å². The normalized spacial score (nSPS) is 10.9. The quantitative estimate of drug-likeness (QED) is 0.532. The maximum Gasteiger partial charge on any atom is 0.256 e. The standard InChI is InChI=1S/C23H21FN4O2/c1-14-22(15(2)28(27-14)13-16-4-6-17(24)7-5-16)26-23(29)19-10-11-25-21-9-8-18(30-3)12-20(19)21/h4-12H,13H2,1-3H3,(H,26,29). The minimum atomic E-state index is -0.277. The van der Waals surface area contributed by atoms with Gasteiger partial charge in [-0.15, -0.1) is 0 Å². The molecule has 0 fully saturated rings. The van der Waals surface area contributed by atoms with Crippen molar-refractivity contribution in [2.45, 2.75) is 20.4 Å². The van der Waals surface area contributed by atoms with Crippen molar-refractivity contribution in [1.29, 1.82) is 0 Å². The Morgan fingerprint density at radius 3 is 2.63 bits per heavy atom. The van der Waals surface area contributed by atoms with Crippen LogP contribution in [0.5, 0.6) is 5.75 Å². The number of carbonyl (C=O) groups is 1. The number of hydrogen-bond donors (Lipinski definition) is 1. The topological polar surface area (TPSA) is 69.0 Å². The summed E-state index contributed by atoms with van der Waals surface area (Å²) in [5.74, 6) is 0.133. The van der Waals surface area contributed by atoms with Crippen LogP contribution < -0.4 is 10.1 Å². The van der Waals surface area contributed by atoms with E-state index in [1.807, 2.05) is 26.0 Å². The molecule has 0 radical (unpaired) electrons. The molecule has 2 heterocycles. The van der Waals surface area contributed by atoms with E-state index in [1.54, 1.807) is 42.3 Å². The fourth-order valence-corrected chi connectivity index (χ4v) is 3.43. The highest BCUT2D eigenvalue weighted by atomic mass is 19.1. The van der Waals surface area contributed by atoms with Gasteiger partial charge < -0.3 is 10.1 Å². The van der Waals surface area contributed by atoms with Crippen LogP contribution in [0.1, 0.15) is 27.3 Å². The van der Waals surface area contributed by atoms with Crippen LogP contribution in [0.3, 0.4) is 0 Å². The molecule has 152 valence electrons. The third kappa shape index (κ3) is 3.74. The van der Waals surface area contributed by atoms with Crippen molar-refractivity contribution in [1.82, 2.24) is 14.8 Å². The van der Waals surface area contributed by atoms with Gasteiger partial charge in [0.05, 0.1) is 41.8 Å². The third-order valence-corrected chi connectivity index (χ3v) is 5.06. The number of methoxy groups -OCH3 is 1. The first kappa shape index (κ1) is 19.6. The highest BCUT2D eigenvalue weighted by Crippen LogP contribution is 2.25. The summed E-state index contributed by atoms with van der Waals surface area (Å²) in [5.41, 5.74) is 4.33. The Morgan fingerprint density at radius 1 is 1.13 bits per heavy atom. The molecule has 2 aromatic heterocycles. The van der Waals surface area contributed by atoms with Gasteiger partial charge >= 0.3 is 0 Å². The summed E-state index contributed by atoms with van der Waals surface area (Å²) < 4.78 is 20.2. The number of benzene rings is 2. The lowest BCUT2D eigenvalue weighted by Gasteiger charge is -2.10. The lowest BCUT2D eigenvalue weighted by atomic mass is 10.1. The zero-order valence-corrected chi connectivity index (χ0v) is 16.9. The summed E-state index contributed by atoms with van der Waals surface area (Å²) in [6.45, 7) is 4.22. The number of carbonyl (C=O) groups excluding carboxylic acids is 1. The number of aryl methyl sites for hydroxylation is 1. The van der Waals surface area contributed by atoms with Crippen LogP contribution in [0.15, 0.2) is 54.7 Å². The molecule has 4 aromatic rings. The van der Waals surface area contributed by atoms with E-state index in [0.717, 1.165) is 11.3 Å². The summed E-state index contributed by atoms with van der Waals surface area (Å²) >= 11 is 0. The Morgan fingerprint density at radius 2 is 1.90 bits per heavy atom. The van der Waals surface area contributed by atoms with Gasteiger partial charge in [-0.25, -0.2) is 4.39 Å². The molecule has 4 rings (SSSR count). The SMILES string of the molecule is COc1ccc2nccc(C(=O)Nc3c(C)nn(Cc4ccc(F)cc4)c3C)c2c1. The van der Waals surface area contributed by atoms with Crippen molar-refractivity contribution in [2.75, 3.05) is 12.4 Å². The van der Waals surface area contributed by atoms with E-state index < -0.39 is 0 Å². The number of rotatable bonds is 5. The number of ether oxygens (including phenoxy) is 1. The molecule has 0 saturated heterocycles. The second kappa shape index (κ2) is 7.94. The first-order valence-electron chi connectivity index (χ1n) is 9.49. The minimum absolute atomic E-state index is 0.247. The Bertz CT molecular complexity index is 1230. The molecule has 0 unspecified atom stereocenters. The first-order valence-corrected chi connectivity index (χ1v) is 9.49. The zero-order valence-electron chi connectivity index (χ0n) is 16.9. The molecule has 30 heavy (non-hydrogen) atoms. The number of pyridine rings is 1. The maximum atomic E-state index is 13.2. The smallest absolute Gasteiger partial charge is 0.256 e. The van der Waals surface area contributed by atoms with E-state index >= 15 is 0 Å². The average Bonchev–Trinajstić information content (AvgIpc) is 3.01. The molecule has 0 saturated carbocycles. The highest BCUT2D eigenvalue weighted by molar-refractivity contribution is 6.12. The van der Waals surface area contributed by atoms with Gasteiger partial charge in [-0.05, 0) is 55.8 Å². The van der Waals surface area contributed by atoms with Gasteiger partial charge in [0, 0.05) is 11.6 Å². The van der Waals surface area contributed by atoms with Crippen LogP contribution in [0.2, 0.25) is 0 Å². The van der Waals surface area contributed by atoms with Crippen molar-refractivity contribution in [3.63, 3.8) is 0 Å². The van der Waals surface area contributed by atoms with Crippen molar-refractivity contribution in [2.24, 2.45) is 0 Å². The lowest BCUT2D eigenvalue weighted by molar-refractivity contribution is 0.102. The van der Waals surface area contributed by atoms with Gasteiger partial charge in [0.15, 0.2) is 0 Å². The maximum absolute atomic E-state index is 13.2. The summed E-state index contributed by atoms with van der Waals surface area (Å²) in [4.78, 5) is 17.4. The number of aromatic nitrogens is 3. The predicted molar refractivity (Wildman–Crippen MR) is 113 cm³/mol. The van der Waals surface area contributed by atoms with E-state index in [-0.39, 0.29) is 11.7 Å². The highest BCUT2D eigenvalue weighted by Gasteiger charge is 2.17. The Kier molecular flexibility index (Phi) is 5.18. The minimum Gasteiger partial charge on any atom is -0.497 e. The third-order valence-electron chi connectivity index (χ3n) is 5.06. The van der Waals surface area contributed by atoms with Crippen molar-refractivity contribution in [3.8, 4) is 5.75 Å². The second-order valence-corrected chi connectivity index (χ2v) is 7.03. The molecule has 1 amide bonds. The Hall–Kier alpha value is -3.74. The molecule has 6 nitrogen and oxygen atoms in total. The fourth-order valence-electron chi connectivity index (χ4n) is 3.43. The van der Waals surface area contributed by atoms with Crippen LogP contribution in [0.25, 0.3) is 10.9 Å². The van der Waals surface area contributed by atoms with Gasteiger partial charge in [0.25, 0.3) is 5.91 Å². The largest absolute Gasteiger partial charge is 0.497 e. The number of nitrogens with zero attached hydrogens (tertiary/aromatic N) is 3. The van der Waals surface area contributed by atoms with Gasteiger partial charge in [-0.3, -0.25) is 14.5 Å². The van der Waals surface area contributed by atoms with E-state index in [4.69, 9.17) is 4.74 Å². The molecule has 0 aliphatic heterocycles. The molecule has 0 atom stereocenters. The summed E-state index contributed by atoms with van der Waals surface area (Å²) in [5, 5.41) is 8.24. The molecule has 0 bridgehead atoms. The van der Waals surface area contributed by atoms with Gasteiger partial charge in [0.1, 0.15) is 11.6 Å². The molecule has 1 N–H and O–H groups in total. The number of halogens is 1. The van der Waals surface area contributed by atoms with Gasteiger partial charge in [0.2, 0.25) is 0 Å². The first-order chi connectivity index (χ1) is 14.5. The number of hydrogen-bond acceptors (Lipinski definition) is 4. The van der Waals surface area contributed by atoms with Crippen LogP contribution in [-0.4, -0.2) is 27.8 Å². The summed E-state index contributed by atoms with van der Waals surface area (Å²) in [6.07, 6.45) is 1.61.